The lowest BCUT2D eigenvalue weighted by Crippen LogP contribution is -2.43. The molecular weight excluding hydrogens is 286 g/mol. The van der Waals surface area contributed by atoms with Gasteiger partial charge < -0.3 is 5.32 Å². The predicted molar refractivity (Wildman–Crippen MR) is 82.0 cm³/mol. The third kappa shape index (κ3) is 3.36. The molecule has 1 aromatic rings. The summed E-state index contributed by atoms with van der Waals surface area (Å²) in [6.07, 6.45) is 5.04. The van der Waals surface area contributed by atoms with Gasteiger partial charge in [-0.05, 0) is 62.3 Å². The fourth-order valence-electron chi connectivity index (χ4n) is 3.21. The number of nitrogens with one attached hydrogen (secondary N) is 1. The summed E-state index contributed by atoms with van der Waals surface area (Å²) in [6, 6.07) is 6.73. The van der Waals surface area contributed by atoms with E-state index in [1.54, 1.807) is 0 Å². The molecule has 1 aromatic carbocycles. The Labute approximate surface area is 119 Å². The summed E-state index contributed by atoms with van der Waals surface area (Å²) in [4.78, 5) is 0. The van der Waals surface area contributed by atoms with E-state index >= 15 is 0 Å². The minimum Gasteiger partial charge on any atom is -0.311 e. The summed E-state index contributed by atoms with van der Waals surface area (Å²) < 4.78 is 1.26. The maximum atomic E-state index is 3.77. The summed E-state index contributed by atoms with van der Waals surface area (Å²) in [5.41, 5.74) is 3.09. The largest absolute Gasteiger partial charge is 0.311 e. The molecule has 1 N–H and O–H groups in total. The van der Waals surface area contributed by atoms with Crippen molar-refractivity contribution in [2.45, 2.75) is 52.0 Å². The van der Waals surface area contributed by atoms with E-state index in [0.717, 1.165) is 12.3 Å². The standard InChI is InChI=1S/C16H24BrN/c1-12(2)10-16(7-4-8-18-16)11-14-6-5-13(3)9-15(14)17/h5-6,9,12,18H,4,7-8,10-11H2,1-3H3. The van der Waals surface area contributed by atoms with Crippen LogP contribution in [0.3, 0.4) is 0 Å². The highest BCUT2D eigenvalue weighted by Crippen LogP contribution is 2.33. The van der Waals surface area contributed by atoms with Gasteiger partial charge in [0, 0.05) is 10.0 Å². The number of halogens is 1. The van der Waals surface area contributed by atoms with Crippen LogP contribution in [-0.4, -0.2) is 12.1 Å². The molecule has 0 bridgehead atoms. The van der Waals surface area contributed by atoms with Gasteiger partial charge in [-0.25, -0.2) is 0 Å². The summed E-state index contributed by atoms with van der Waals surface area (Å²) in [5, 5.41) is 3.77. The molecule has 0 radical (unpaired) electrons. The Morgan fingerprint density at radius 1 is 1.39 bits per heavy atom. The zero-order chi connectivity index (χ0) is 13.2. The Kier molecular flexibility index (Phi) is 4.50. The quantitative estimate of drug-likeness (QED) is 0.865. The lowest BCUT2D eigenvalue weighted by atomic mass is 9.82. The van der Waals surface area contributed by atoms with Crippen molar-refractivity contribution in [3.63, 3.8) is 0 Å². The second-order valence-corrected chi connectivity index (χ2v) is 7.03. The second-order valence-electron chi connectivity index (χ2n) is 6.18. The first kappa shape index (κ1) is 14.1. The molecule has 0 aromatic heterocycles. The van der Waals surface area contributed by atoms with E-state index in [1.165, 1.54) is 41.4 Å². The Hall–Kier alpha value is -0.340. The van der Waals surface area contributed by atoms with E-state index in [0.29, 0.717) is 5.54 Å². The van der Waals surface area contributed by atoms with Crippen molar-refractivity contribution in [3.8, 4) is 0 Å². The number of hydrogen-bond acceptors (Lipinski definition) is 1. The van der Waals surface area contributed by atoms with Crippen LogP contribution in [-0.2, 0) is 6.42 Å². The molecule has 0 amide bonds. The lowest BCUT2D eigenvalue weighted by Gasteiger charge is -2.32. The predicted octanol–water partition coefficient (Wildman–Crippen LogP) is 4.47. The van der Waals surface area contributed by atoms with Crippen LogP contribution >= 0.6 is 15.9 Å². The van der Waals surface area contributed by atoms with Gasteiger partial charge in [0.15, 0.2) is 0 Å². The first-order chi connectivity index (χ1) is 8.51. The highest BCUT2D eigenvalue weighted by atomic mass is 79.9. The van der Waals surface area contributed by atoms with Gasteiger partial charge in [0.2, 0.25) is 0 Å². The van der Waals surface area contributed by atoms with Gasteiger partial charge in [-0.2, -0.15) is 0 Å². The topological polar surface area (TPSA) is 12.0 Å². The van der Waals surface area contributed by atoms with Crippen LogP contribution in [0, 0.1) is 12.8 Å². The van der Waals surface area contributed by atoms with E-state index in [1.807, 2.05) is 0 Å². The molecule has 1 nitrogen and oxygen atoms in total. The van der Waals surface area contributed by atoms with Crippen LogP contribution < -0.4 is 5.32 Å². The van der Waals surface area contributed by atoms with Crippen LogP contribution in [0.5, 0.6) is 0 Å². The van der Waals surface area contributed by atoms with Gasteiger partial charge in [0.25, 0.3) is 0 Å². The van der Waals surface area contributed by atoms with Crippen molar-refractivity contribution in [3.05, 3.63) is 33.8 Å². The van der Waals surface area contributed by atoms with Crippen LogP contribution in [0.15, 0.2) is 22.7 Å². The van der Waals surface area contributed by atoms with E-state index in [-0.39, 0.29) is 0 Å². The zero-order valence-electron chi connectivity index (χ0n) is 11.7. The molecule has 1 fully saturated rings. The number of hydrogen-bond donors (Lipinski definition) is 1. The fraction of sp³-hybridized carbons (Fsp3) is 0.625. The van der Waals surface area contributed by atoms with Crippen LogP contribution in [0.25, 0.3) is 0 Å². The van der Waals surface area contributed by atoms with Gasteiger partial charge in [0.1, 0.15) is 0 Å². The van der Waals surface area contributed by atoms with Gasteiger partial charge in [-0.1, -0.05) is 41.9 Å². The van der Waals surface area contributed by atoms with Gasteiger partial charge >= 0.3 is 0 Å². The van der Waals surface area contributed by atoms with Crippen molar-refractivity contribution in [2.24, 2.45) is 5.92 Å². The molecule has 2 heteroatoms. The molecule has 1 saturated heterocycles. The third-order valence-corrected chi connectivity index (χ3v) is 4.61. The molecule has 1 heterocycles. The Balaban J connectivity index is 2.18. The molecule has 1 aliphatic rings. The normalized spacial score (nSPS) is 23.8. The number of aryl methyl sites for hydroxylation is 1. The van der Waals surface area contributed by atoms with Gasteiger partial charge in [-0.15, -0.1) is 0 Å². The van der Waals surface area contributed by atoms with Gasteiger partial charge in [-0.3, -0.25) is 0 Å². The van der Waals surface area contributed by atoms with Crippen molar-refractivity contribution in [1.82, 2.24) is 5.32 Å². The zero-order valence-corrected chi connectivity index (χ0v) is 13.3. The number of rotatable bonds is 4. The van der Waals surface area contributed by atoms with Crippen LogP contribution in [0.2, 0.25) is 0 Å². The third-order valence-electron chi connectivity index (χ3n) is 3.87. The maximum absolute atomic E-state index is 3.77. The lowest BCUT2D eigenvalue weighted by molar-refractivity contribution is 0.301. The molecule has 2 rings (SSSR count). The van der Waals surface area contributed by atoms with Gasteiger partial charge in [0.05, 0.1) is 0 Å². The summed E-state index contributed by atoms with van der Waals surface area (Å²) >= 11 is 3.72. The van der Waals surface area contributed by atoms with Crippen LogP contribution in [0.1, 0.15) is 44.2 Å². The average Bonchev–Trinajstić information content (AvgIpc) is 2.70. The Bertz CT molecular complexity index is 406. The van der Waals surface area contributed by atoms with Crippen LogP contribution in [0.4, 0.5) is 0 Å². The molecule has 1 unspecified atom stereocenters. The second kappa shape index (κ2) is 5.75. The van der Waals surface area contributed by atoms with Crippen molar-refractivity contribution in [2.75, 3.05) is 6.54 Å². The van der Waals surface area contributed by atoms with E-state index < -0.39 is 0 Å². The molecule has 0 spiro atoms. The smallest absolute Gasteiger partial charge is 0.0225 e. The first-order valence-corrected chi connectivity index (χ1v) is 7.80. The van der Waals surface area contributed by atoms with E-state index in [2.05, 4.69) is 60.2 Å². The minimum atomic E-state index is 0.325. The molecule has 100 valence electrons. The summed E-state index contributed by atoms with van der Waals surface area (Å²) in [6.45, 7) is 7.97. The molecule has 18 heavy (non-hydrogen) atoms. The maximum Gasteiger partial charge on any atom is 0.0225 e. The minimum absolute atomic E-state index is 0.325. The number of benzene rings is 1. The molecule has 1 aliphatic heterocycles. The average molecular weight is 310 g/mol. The highest BCUT2D eigenvalue weighted by Gasteiger charge is 2.34. The van der Waals surface area contributed by atoms with Crippen molar-refractivity contribution >= 4 is 15.9 Å². The Morgan fingerprint density at radius 2 is 2.17 bits per heavy atom. The molecular formula is C16H24BrN. The fourth-order valence-corrected chi connectivity index (χ4v) is 3.84. The monoisotopic (exact) mass is 309 g/mol. The summed E-state index contributed by atoms with van der Waals surface area (Å²) in [7, 11) is 0. The highest BCUT2D eigenvalue weighted by molar-refractivity contribution is 9.10. The molecule has 0 saturated carbocycles. The van der Waals surface area contributed by atoms with Crippen molar-refractivity contribution in [1.29, 1.82) is 0 Å². The van der Waals surface area contributed by atoms with Crippen molar-refractivity contribution < 1.29 is 0 Å². The SMILES string of the molecule is Cc1ccc(CC2(CC(C)C)CCCN2)c(Br)c1. The summed E-state index contributed by atoms with van der Waals surface area (Å²) in [5.74, 6) is 0.750. The molecule has 1 atom stereocenters. The molecule has 0 aliphatic carbocycles. The Morgan fingerprint density at radius 3 is 2.72 bits per heavy atom. The first-order valence-electron chi connectivity index (χ1n) is 7.01. The van der Waals surface area contributed by atoms with E-state index in [9.17, 15) is 0 Å². The van der Waals surface area contributed by atoms with E-state index in [4.69, 9.17) is 0 Å².